The second-order valence-electron chi connectivity index (χ2n) is 3.17. The van der Waals surface area contributed by atoms with E-state index in [4.69, 9.17) is 4.74 Å². The van der Waals surface area contributed by atoms with E-state index in [1.54, 1.807) is 4.90 Å². The molecule has 4 nitrogen and oxygen atoms in total. The van der Waals surface area contributed by atoms with Crippen LogP contribution in [0.1, 0.15) is 6.92 Å². The molecule has 0 radical (unpaired) electrons. The Balaban J connectivity index is 2.45. The van der Waals surface area contributed by atoms with Crippen LogP contribution in [0, 0.1) is 0 Å². The van der Waals surface area contributed by atoms with Crippen LogP contribution >= 0.6 is 0 Å². The molecule has 1 rings (SSSR count). The van der Waals surface area contributed by atoms with Gasteiger partial charge in [-0.1, -0.05) is 0 Å². The smallest absolute Gasteiger partial charge is 0.248 e. The molecule has 5 heteroatoms. The zero-order valence-corrected chi connectivity index (χ0v) is 8.80. The summed E-state index contributed by atoms with van der Waals surface area (Å²) >= 11 is 0. The summed E-state index contributed by atoms with van der Waals surface area (Å²) in [5.41, 5.74) is 0. The minimum Gasteiger partial charge on any atom is -0.375 e. The maximum atomic E-state index is 11.4. The van der Waals surface area contributed by atoms with Gasteiger partial charge in [0.1, 0.15) is 6.61 Å². The summed E-state index contributed by atoms with van der Waals surface area (Å²) in [4.78, 5) is 13.1. The molecule has 0 aliphatic carbocycles. The lowest BCUT2D eigenvalue weighted by Gasteiger charge is -2.30. The quantitative estimate of drug-likeness (QED) is 0.617. The van der Waals surface area contributed by atoms with E-state index in [2.05, 4.69) is 0 Å². The summed E-state index contributed by atoms with van der Waals surface area (Å²) in [6, 6.07) is 0. The Morgan fingerprint density at radius 3 is 2.92 bits per heavy atom. The van der Waals surface area contributed by atoms with Gasteiger partial charge >= 0.3 is 0 Å². The van der Waals surface area contributed by atoms with E-state index < -0.39 is 10.8 Å². The van der Waals surface area contributed by atoms with Crippen molar-refractivity contribution in [3.8, 4) is 0 Å². The first kappa shape index (κ1) is 10.7. The molecular weight excluding hydrogens is 190 g/mol. The Bertz CT molecular complexity index is 219. The van der Waals surface area contributed by atoms with Crippen LogP contribution in [0.2, 0.25) is 0 Å². The predicted octanol–water partition coefficient (Wildman–Crippen LogP) is -0.388. The summed E-state index contributed by atoms with van der Waals surface area (Å²) in [7, 11) is 0.743. The second kappa shape index (κ2) is 4.72. The Morgan fingerprint density at radius 2 is 2.38 bits per heavy atom. The van der Waals surface area contributed by atoms with Gasteiger partial charge in [0, 0.05) is 42.0 Å². The van der Waals surface area contributed by atoms with Crippen molar-refractivity contribution >= 4 is 16.7 Å². The Kier molecular flexibility index (Phi) is 3.87. The predicted molar refractivity (Wildman–Crippen MR) is 50.9 cm³/mol. The fourth-order valence-corrected chi connectivity index (χ4v) is 2.48. The van der Waals surface area contributed by atoms with Gasteiger partial charge in [0.25, 0.3) is 0 Å². The summed E-state index contributed by atoms with van der Waals surface area (Å²) in [5, 5.41) is 0.0922. The number of carbonyl (C=O) groups is 1. The van der Waals surface area contributed by atoms with E-state index in [9.17, 15) is 9.00 Å². The number of nitrogens with zero attached hydrogens (tertiary/aromatic N) is 1. The molecule has 1 aliphatic heterocycles. The number of rotatable bonds is 2. The number of carbonyl (C=O) groups excluding carboxylic acids is 1. The van der Waals surface area contributed by atoms with Crippen molar-refractivity contribution in [1.29, 1.82) is 0 Å². The molecule has 13 heavy (non-hydrogen) atoms. The van der Waals surface area contributed by atoms with Crippen LogP contribution in [0.4, 0.5) is 0 Å². The molecule has 1 heterocycles. The lowest BCUT2D eigenvalue weighted by Crippen LogP contribution is -2.47. The van der Waals surface area contributed by atoms with Crippen LogP contribution < -0.4 is 0 Å². The van der Waals surface area contributed by atoms with E-state index >= 15 is 0 Å². The molecule has 0 saturated carbocycles. The van der Waals surface area contributed by atoms with Crippen molar-refractivity contribution in [1.82, 2.24) is 4.90 Å². The Hall–Kier alpha value is -0.420. The second-order valence-corrected chi connectivity index (χ2v) is 5.14. The van der Waals surface area contributed by atoms with Gasteiger partial charge < -0.3 is 9.64 Å². The maximum Gasteiger partial charge on any atom is 0.248 e. The molecule has 1 amide bonds. The molecule has 0 spiro atoms. The Labute approximate surface area is 80.7 Å². The molecule has 0 N–H and O–H groups in total. The van der Waals surface area contributed by atoms with Crippen molar-refractivity contribution in [3.63, 3.8) is 0 Å². The fraction of sp³-hybridized carbons (Fsp3) is 0.875. The Morgan fingerprint density at radius 1 is 1.69 bits per heavy atom. The highest BCUT2D eigenvalue weighted by Gasteiger charge is 2.25. The van der Waals surface area contributed by atoms with Crippen LogP contribution in [0.5, 0.6) is 0 Å². The van der Waals surface area contributed by atoms with Gasteiger partial charge in [0.2, 0.25) is 5.91 Å². The van der Waals surface area contributed by atoms with Gasteiger partial charge in [0.05, 0.1) is 0 Å². The van der Waals surface area contributed by atoms with Crippen molar-refractivity contribution < 1.29 is 13.7 Å². The van der Waals surface area contributed by atoms with Gasteiger partial charge in [-0.25, -0.2) is 0 Å². The lowest BCUT2D eigenvalue weighted by molar-refractivity contribution is -0.135. The van der Waals surface area contributed by atoms with Crippen LogP contribution in [0.15, 0.2) is 0 Å². The van der Waals surface area contributed by atoms with E-state index in [0.29, 0.717) is 18.8 Å². The summed E-state index contributed by atoms with van der Waals surface area (Å²) in [6.07, 6.45) is 0. The van der Waals surface area contributed by atoms with Gasteiger partial charge in [-0.3, -0.25) is 9.00 Å². The highest BCUT2D eigenvalue weighted by molar-refractivity contribution is 7.85. The average molecular weight is 205 g/mol. The van der Waals surface area contributed by atoms with Crippen molar-refractivity contribution in [2.45, 2.75) is 12.2 Å². The number of ether oxygens (including phenoxy) is 1. The molecule has 1 fully saturated rings. The summed E-state index contributed by atoms with van der Waals surface area (Å²) < 4.78 is 16.0. The van der Waals surface area contributed by atoms with Crippen LogP contribution in [-0.4, -0.2) is 52.8 Å². The first-order chi connectivity index (χ1) is 6.15. The van der Waals surface area contributed by atoms with Crippen LogP contribution in [0.25, 0.3) is 0 Å². The molecular formula is C8H15NO3S. The number of hydrogen-bond acceptors (Lipinski definition) is 3. The standard InChI is InChI=1S/C8H15NO3S/c1-7-5-9(3-4-13(7)11)8(10)6-12-2/h7H,3-6H2,1-2H3. The minimum absolute atomic E-state index is 0.00829. The van der Waals surface area contributed by atoms with Crippen molar-refractivity contribution in [2.75, 3.05) is 32.6 Å². The molecule has 1 saturated heterocycles. The topological polar surface area (TPSA) is 46.6 Å². The molecule has 0 aromatic rings. The van der Waals surface area contributed by atoms with Gasteiger partial charge in [-0.2, -0.15) is 0 Å². The van der Waals surface area contributed by atoms with Gasteiger partial charge in [-0.05, 0) is 6.92 Å². The van der Waals surface area contributed by atoms with E-state index in [0.717, 1.165) is 0 Å². The largest absolute Gasteiger partial charge is 0.375 e. The lowest BCUT2D eigenvalue weighted by atomic mass is 10.4. The minimum atomic E-state index is -0.761. The van der Waals surface area contributed by atoms with Crippen molar-refractivity contribution in [3.05, 3.63) is 0 Å². The highest BCUT2D eigenvalue weighted by Crippen LogP contribution is 2.07. The third-order valence-corrected chi connectivity index (χ3v) is 3.74. The molecule has 0 bridgehead atoms. The number of methoxy groups -OCH3 is 1. The molecule has 2 atom stereocenters. The third-order valence-electron chi connectivity index (χ3n) is 2.11. The molecule has 2 unspecified atom stereocenters. The summed E-state index contributed by atoms with van der Waals surface area (Å²) in [5.74, 6) is 0.586. The van der Waals surface area contributed by atoms with Gasteiger partial charge in [-0.15, -0.1) is 0 Å². The first-order valence-electron chi connectivity index (χ1n) is 4.29. The highest BCUT2D eigenvalue weighted by atomic mass is 32.2. The van der Waals surface area contributed by atoms with E-state index in [1.807, 2.05) is 6.92 Å². The van der Waals surface area contributed by atoms with Crippen molar-refractivity contribution in [2.24, 2.45) is 0 Å². The first-order valence-corrected chi connectivity index (χ1v) is 5.67. The monoisotopic (exact) mass is 205 g/mol. The molecule has 76 valence electrons. The fourth-order valence-electron chi connectivity index (χ4n) is 1.33. The maximum absolute atomic E-state index is 11.4. The number of amides is 1. The third kappa shape index (κ3) is 2.77. The van der Waals surface area contributed by atoms with Crippen LogP contribution in [-0.2, 0) is 20.3 Å². The normalized spacial score (nSPS) is 28.9. The molecule has 0 aromatic heterocycles. The van der Waals surface area contributed by atoms with Crippen LogP contribution in [0.3, 0.4) is 0 Å². The summed E-state index contributed by atoms with van der Waals surface area (Å²) in [6.45, 7) is 3.22. The van der Waals surface area contributed by atoms with Gasteiger partial charge in [0.15, 0.2) is 0 Å². The van der Waals surface area contributed by atoms with E-state index in [1.165, 1.54) is 7.11 Å². The zero-order chi connectivity index (χ0) is 9.84. The zero-order valence-electron chi connectivity index (χ0n) is 7.99. The van der Waals surface area contributed by atoms with E-state index in [-0.39, 0.29) is 17.8 Å². The SMILES string of the molecule is COCC(=O)N1CCS(=O)C(C)C1. The average Bonchev–Trinajstić information content (AvgIpc) is 2.10. The number of hydrogen-bond donors (Lipinski definition) is 0. The molecule has 1 aliphatic rings. The molecule has 0 aromatic carbocycles.